The van der Waals surface area contributed by atoms with E-state index in [0.29, 0.717) is 12.5 Å². The van der Waals surface area contributed by atoms with E-state index in [2.05, 4.69) is 29.6 Å². The van der Waals surface area contributed by atoms with Crippen LogP contribution in [0, 0.1) is 0 Å². The Hall–Kier alpha value is -2.82. The van der Waals surface area contributed by atoms with E-state index < -0.39 is 0 Å². The van der Waals surface area contributed by atoms with Gasteiger partial charge in [-0.05, 0) is 36.1 Å². The van der Waals surface area contributed by atoms with Gasteiger partial charge in [-0.3, -0.25) is 4.79 Å². The molecule has 5 heteroatoms. The van der Waals surface area contributed by atoms with Crippen LogP contribution >= 0.6 is 0 Å². The lowest BCUT2D eigenvalue weighted by atomic mass is 9.91. The summed E-state index contributed by atoms with van der Waals surface area (Å²) in [5, 5.41) is 3.02. The number of anilines is 1. The summed E-state index contributed by atoms with van der Waals surface area (Å²) in [5.41, 5.74) is 3.17. The fraction of sp³-hybridized carbons (Fsp3) is 0.364. The summed E-state index contributed by atoms with van der Waals surface area (Å²) in [6, 6.07) is 18.1. The predicted octanol–water partition coefficient (Wildman–Crippen LogP) is 3.76. The maximum Gasteiger partial charge on any atom is 0.317 e. The normalized spacial score (nSPS) is 16.7. The highest BCUT2D eigenvalue weighted by molar-refractivity contribution is 5.90. The van der Waals surface area contributed by atoms with Crippen LogP contribution in [0.4, 0.5) is 10.5 Å². The van der Waals surface area contributed by atoms with Gasteiger partial charge in [0.15, 0.2) is 0 Å². The number of nitrogens with zero attached hydrogens (tertiary/aromatic N) is 2. The molecule has 1 heterocycles. The van der Waals surface area contributed by atoms with E-state index in [1.807, 2.05) is 35.2 Å². The SMILES string of the molecule is CC(=O)N(C)c1ccc(CNC(=O)N2CCCC(c3ccccc3)C2)cc1. The molecule has 1 N–H and O–H groups in total. The first kappa shape index (κ1) is 19.0. The molecule has 1 unspecified atom stereocenters. The number of nitrogens with one attached hydrogen (secondary N) is 1. The van der Waals surface area contributed by atoms with Gasteiger partial charge < -0.3 is 15.1 Å². The number of amides is 3. The predicted molar refractivity (Wildman–Crippen MR) is 108 cm³/mol. The van der Waals surface area contributed by atoms with E-state index in [0.717, 1.165) is 37.2 Å². The highest BCUT2D eigenvalue weighted by Crippen LogP contribution is 2.26. The lowest BCUT2D eigenvalue weighted by Gasteiger charge is -2.33. The zero-order chi connectivity index (χ0) is 19.2. The highest BCUT2D eigenvalue weighted by atomic mass is 16.2. The molecule has 3 amide bonds. The van der Waals surface area contributed by atoms with Crippen LogP contribution < -0.4 is 10.2 Å². The lowest BCUT2D eigenvalue weighted by Crippen LogP contribution is -2.44. The molecule has 0 aromatic heterocycles. The number of carbonyl (C=O) groups is 2. The molecule has 1 atom stereocenters. The largest absolute Gasteiger partial charge is 0.334 e. The summed E-state index contributed by atoms with van der Waals surface area (Å²) < 4.78 is 0. The third-order valence-corrected chi connectivity index (χ3v) is 5.22. The second-order valence-electron chi connectivity index (χ2n) is 7.10. The van der Waals surface area contributed by atoms with Crippen LogP contribution in [0.3, 0.4) is 0 Å². The van der Waals surface area contributed by atoms with E-state index in [9.17, 15) is 9.59 Å². The zero-order valence-corrected chi connectivity index (χ0v) is 16.0. The van der Waals surface area contributed by atoms with E-state index in [4.69, 9.17) is 0 Å². The van der Waals surface area contributed by atoms with Crippen LogP contribution in [0.25, 0.3) is 0 Å². The number of hydrogen-bond donors (Lipinski definition) is 1. The number of likely N-dealkylation sites (tertiary alicyclic amines) is 1. The molecule has 2 aromatic carbocycles. The summed E-state index contributed by atoms with van der Waals surface area (Å²) in [6.45, 7) is 3.58. The fourth-order valence-electron chi connectivity index (χ4n) is 3.47. The maximum absolute atomic E-state index is 12.6. The molecule has 1 aliphatic rings. The molecule has 3 rings (SSSR count). The van der Waals surface area contributed by atoms with E-state index >= 15 is 0 Å². The van der Waals surface area contributed by atoms with Gasteiger partial charge in [-0.2, -0.15) is 0 Å². The third-order valence-electron chi connectivity index (χ3n) is 5.22. The van der Waals surface area contributed by atoms with Crippen molar-refractivity contribution < 1.29 is 9.59 Å². The average molecular weight is 365 g/mol. The van der Waals surface area contributed by atoms with Gasteiger partial charge in [-0.15, -0.1) is 0 Å². The standard InChI is InChI=1S/C22H27N3O2/c1-17(26)24(2)21-12-10-18(11-13-21)15-23-22(27)25-14-6-9-20(16-25)19-7-4-3-5-8-19/h3-5,7-8,10-13,20H,6,9,14-16H2,1-2H3,(H,23,27). The number of urea groups is 1. The van der Waals surface area contributed by atoms with Gasteiger partial charge in [0.25, 0.3) is 0 Å². The summed E-state index contributed by atoms with van der Waals surface area (Å²) in [7, 11) is 1.75. The van der Waals surface area contributed by atoms with Crippen molar-refractivity contribution in [3.8, 4) is 0 Å². The summed E-state index contributed by atoms with van der Waals surface area (Å²) in [4.78, 5) is 27.5. The van der Waals surface area contributed by atoms with Crippen LogP contribution in [0.1, 0.15) is 36.8 Å². The number of rotatable bonds is 4. The van der Waals surface area contributed by atoms with E-state index in [-0.39, 0.29) is 11.9 Å². The minimum absolute atomic E-state index is 0.00544. The Labute approximate surface area is 161 Å². The number of carbonyl (C=O) groups excluding carboxylic acids is 2. The minimum atomic E-state index is -0.0134. The molecule has 27 heavy (non-hydrogen) atoms. The van der Waals surface area contributed by atoms with Crippen LogP contribution in [-0.4, -0.2) is 37.0 Å². The first-order valence-electron chi connectivity index (χ1n) is 9.45. The summed E-state index contributed by atoms with van der Waals surface area (Å²) >= 11 is 0. The number of piperidine rings is 1. The first-order valence-corrected chi connectivity index (χ1v) is 9.45. The topological polar surface area (TPSA) is 52.7 Å². The molecule has 142 valence electrons. The molecule has 1 saturated heterocycles. The van der Waals surface area contributed by atoms with Crippen molar-refractivity contribution in [2.75, 3.05) is 25.0 Å². The van der Waals surface area contributed by atoms with Crippen molar-refractivity contribution in [3.05, 3.63) is 65.7 Å². The van der Waals surface area contributed by atoms with Crippen molar-refractivity contribution in [3.63, 3.8) is 0 Å². The molecule has 5 nitrogen and oxygen atoms in total. The number of hydrogen-bond acceptors (Lipinski definition) is 2. The second-order valence-corrected chi connectivity index (χ2v) is 7.10. The average Bonchev–Trinajstić information content (AvgIpc) is 2.72. The van der Waals surface area contributed by atoms with Crippen molar-refractivity contribution in [2.24, 2.45) is 0 Å². The van der Waals surface area contributed by atoms with Crippen LogP contribution in [0.2, 0.25) is 0 Å². The van der Waals surface area contributed by atoms with Crippen LogP contribution in [0.15, 0.2) is 54.6 Å². The van der Waals surface area contributed by atoms with Crippen molar-refractivity contribution >= 4 is 17.6 Å². The molecule has 0 bridgehead atoms. The zero-order valence-electron chi connectivity index (χ0n) is 16.0. The molecule has 0 saturated carbocycles. The van der Waals surface area contributed by atoms with Crippen LogP contribution in [-0.2, 0) is 11.3 Å². The summed E-state index contributed by atoms with van der Waals surface area (Å²) in [6.07, 6.45) is 2.15. The fourth-order valence-corrected chi connectivity index (χ4v) is 3.47. The van der Waals surface area contributed by atoms with Gasteiger partial charge in [0.1, 0.15) is 0 Å². The highest BCUT2D eigenvalue weighted by Gasteiger charge is 2.24. The Morgan fingerprint density at radius 3 is 2.48 bits per heavy atom. The van der Waals surface area contributed by atoms with Gasteiger partial charge in [-0.1, -0.05) is 42.5 Å². The Morgan fingerprint density at radius 1 is 1.11 bits per heavy atom. The Morgan fingerprint density at radius 2 is 1.81 bits per heavy atom. The monoisotopic (exact) mass is 365 g/mol. The van der Waals surface area contributed by atoms with Gasteiger partial charge in [0, 0.05) is 45.2 Å². The lowest BCUT2D eigenvalue weighted by molar-refractivity contribution is -0.116. The summed E-state index contributed by atoms with van der Waals surface area (Å²) in [5.74, 6) is 0.404. The van der Waals surface area contributed by atoms with E-state index in [1.165, 1.54) is 12.5 Å². The van der Waals surface area contributed by atoms with Gasteiger partial charge >= 0.3 is 6.03 Å². The Kier molecular flexibility index (Phi) is 6.12. The molecule has 2 aromatic rings. The smallest absolute Gasteiger partial charge is 0.317 e. The molecule has 0 spiro atoms. The molecule has 1 fully saturated rings. The van der Waals surface area contributed by atoms with Crippen molar-refractivity contribution in [2.45, 2.75) is 32.2 Å². The number of benzene rings is 2. The van der Waals surface area contributed by atoms with E-state index in [1.54, 1.807) is 11.9 Å². The van der Waals surface area contributed by atoms with Gasteiger partial charge in [-0.25, -0.2) is 4.79 Å². The first-order chi connectivity index (χ1) is 13.0. The van der Waals surface area contributed by atoms with Crippen molar-refractivity contribution in [1.82, 2.24) is 10.2 Å². The molecule has 1 aliphatic heterocycles. The molecular formula is C22H27N3O2. The molecule has 0 aliphatic carbocycles. The molecule has 0 radical (unpaired) electrons. The minimum Gasteiger partial charge on any atom is -0.334 e. The van der Waals surface area contributed by atoms with Gasteiger partial charge in [0.05, 0.1) is 0 Å². The molecular weight excluding hydrogens is 338 g/mol. The van der Waals surface area contributed by atoms with Crippen molar-refractivity contribution in [1.29, 1.82) is 0 Å². The van der Waals surface area contributed by atoms with Gasteiger partial charge in [0.2, 0.25) is 5.91 Å². The Bertz CT molecular complexity index is 774. The quantitative estimate of drug-likeness (QED) is 0.897. The maximum atomic E-state index is 12.6. The second kappa shape index (κ2) is 8.71. The third kappa shape index (κ3) is 4.88. The van der Waals surface area contributed by atoms with Crippen LogP contribution in [0.5, 0.6) is 0 Å². The Balaban J connectivity index is 1.53.